The third-order valence-corrected chi connectivity index (χ3v) is 10.4. The molecule has 1 fully saturated rings. The van der Waals surface area contributed by atoms with Crippen molar-refractivity contribution in [3.63, 3.8) is 0 Å². The van der Waals surface area contributed by atoms with Crippen molar-refractivity contribution in [2.24, 2.45) is 0 Å². The molecule has 16 heteroatoms. The summed E-state index contributed by atoms with van der Waals surface area (Å²) in [5.74, 6) is -4.44. The highest BCUT2D eigenvalue weighted by Crippen LogP contribution is 2.42. The van der Waals surface area contributed by atoms with Gasteiger partial charge in [-0.1, -0.05) is 35.2 Å². The SMILES string of the molecule is Cc1nnc(SCC2=C(C(=O)O)N3C(=O)C(NC(=O)C(Sc4ccccc4C(=O)O)C(=O)CCl)[C@@H]3SC2)s1. The van der Waals surface area contributed by atoms with Crippen molar-refractivity contribution in [3.8, 4) is 0 Å². The minimum absolute atomic E-state index is 0.0864. The van der Waals surface area contributed by atoms with Crippen LogP contribution in [-0.4, -0.2) is 88.9 Å². The molecule has 0 aliphatic carbocycles. The van der Waals surface area contributed by atoms with E-state index >= 15 is 0 Å². The van der Waals surface area contributed by atoms with Gasteiger partial charge in [-0.15, -0.1) is 45.3 Å². The maximum atomic E-state index is 13.1. The lowest BCUT2D eigenvalue weighted by Crippen LogP contribution is -2.71. The summed E-state index contributed by atoms with van der Waals surface area (Å²) >= 11 is 10.5. The van der Waals surface area contributed by atoms with Gasteiger partial charge < -0.3 is 15.5 Å². The molecule has 2 unspecified atom stereocenters. The zero-order valence-corrected chi connectivity index (χ0v) is 23.5. The number of carbonyl (C=O) groups excluding carboxylic acids is 3. The molecule has 11 nitrogen and oxygen atoms in total. The van der Waals surface area contributed by atoms with E-state index in [0.717, 1.165) is 21.7 Å². The fourth-order valence-corrected chi connectivity index (χ4v) is 8.35. The number of hydrogen-bond donors (Lipinski definition) is 3. The molecule has 0 spiro atoms. The number of nitrogens with one attached hydrogen (secondary N) is 1. The van der Waals surface area contributed by atoms with Gasteiger partial charge in [-0.3, -0.25) is 19.3 Å². The minimum Gasteiger partial charge on any atom is -0.478 e. The Bertz CT molecular complexity index is 1350. The number of nitrogens with zero attached hydrogens (tertiary/aromatic N) is 3. The molecule has 0 bridgehead atoms. The van der Waals surface area contributed by atoms with Crippen LogP contribution in [0.15, 0.2) is 44.8 Å². The number of aryl methyl sites for hydroxylation is 1. The average Bonchev–Trinajstić information content (AvgIpc) is 3.32. The highest BCUT2D eigenvalue weighted by Gasteiger charge is 2.54. The number of benzene rings is 1. The number of carboxylic acids is 2. The summed E-state index contributed by atoms with van der Waals surface area (Å²) in [7, 11) is 0. The van der Waals surface area contributed by atoms with Crippen molar-refractivity contribution < 1.29 is 34.2 Å². The number of hydrogen-bond acceptors (Lipinski definition) is 11. The molecule has 3 atom stereocenters. The molecule has 1 aromatic carbocycles. The lowest BCUT2D eigenvalue weighted by Gasteiger charge is -2.49. The van der Waals surface area contributed by atoms with Gasteiger partial charge in [0, 0.05) is 16.4 Å². The van der Waals surface area contributed by atoms with E-state index in [2.05, 4.69) is 15.5 Å². The number of halogens is 1. The summed E-state index contributed by atoms with van der Waals surface area (Å²) < 4.78 is 0.684. The van der Waals surface area contributed by atoms with Gasteiger partial charge in [-0.25, -0.2) is 9.59 Å². The van der Waals surface area contributed by atoms with Crippen molar-refractivity contribution in [2.45, 2.75) is 32.8 Å². The van der Waals surface area contributed by atoms with E-state index in [1.807, 2.05) is 6.92 Å². The summed E-state index contributed by atoms with van der Waals surface area (Å²) in [6.07, 6.45) is 0. The molecule has 2 aromatic rings. The van der Waals surface area contributed by atoms with E-state index in [9.17, 15) is 34.2 Å². The summed E-state index contributed by atoms with van der Waals surface area (Å²) in [6, 6.07) is 4.85. The molecular weight excluding hydrogens is 596 g/mol. The maximum absolute atomic E-state index is 13.1. The Labute approximate surface area is 237 Å². The Kier molecular flexibility index (Phi) is 9.03. The predicted octanol–water partition coefficient (Wildman–Crippen LogP) is 2.34. The topological polar surface area (TPSA) is 167 Å². The van der Waals surface area contributed by atoms with Gasteiger partial charge >= 0.3 is 11.9 Å². The number of rotatable bonds is 11. The van der Waals surface area contributed by atoms with Crippen LogP contribution < -0.4 is 5.32 Å². The molecule has 1 saturated heterocycles. The summed E-state index contributed by atoms with van der Waals surface area (Å²) in [4.78, 5) is 63.6. The van der Waals surface area contributed by atoms with Gasteiger partial charge in [0.15, 0.2) is 10.1 Å². The maximum Gasteiger partial charge on any atom is 0.352 e. The fraction of sp³-hybridized carbons (Fsp3) is 0.318. The van der Waals surface area contributed by atoms with Gasteiger partial charge in [0.2, 0.25) is 5.91 Å². The molecule has 1 aromatic heterocycles. The first-order valence-electron chi connectivity index (χ1n) is 10.8. The number of aliphatic carboxylic acids is 1. The van der Waals surface area contributed by atoms with Gasteiger partial charge in [0.1, 0.15) is 27.4 Å². The van der Waals surface area contributed by atoms with Crippen LogP contribution in [-0.2, 0) is 19.2 Å². The second-order valence-electron chi connectivity index (χ2n) is 7.93. The smallest absolute Gasteiger partial charge is 0.352 e. The highest BCUT2D eigenvalue weighted by atomic mass is 35.5. The number of aromatic nitrogens is 2. The van der Waals surface area contributed by atoms with Crippen LogP contribution >= 0.6 is 58.2 Å². The number of fused-ring (bicyclic) bond motifs is 1. The molecule has 3 heterocycles. The summed E-state index contributed by atoms with van der Waals surface area (Å²) in [6.45, 7) is 1.81. The third-order valence-electron chi connectivity index (χ3n) is 5.45. The Morgan fingerprint density at radius 3 is 2.58 bits per heavy atom. The fourth-order valence-electron chi connectivity index (χ4n) is 3.72. The number of β-lactam (4-membered cyclic amide) rings is 1. The normalized spacial score (nSPS) is 19.4. The van der Waals surface area contributed by atoms with Crippen LogP contribution in [0.3, 0.4) is 0 Å². The first kappa shape index (κ1) is 28.4. The number of ketones is 1. The van der Waals surface area contributed by atoms with E-state index in [1.54, 1.807) is 6.07 Å². The van der Waals surface area contributed by atoms with Crippen LogP contribution in [0.1, 0.15) is 15.4 Å². The number of carbonyl (C=O) groups is 5. The van der Waals surface area contributed by atoms with Crippen molar-refractivity contribution in [1.82, 2.24) is 20.4 Å². The molecule has 38 heavy (non-hydrogen) atoms. The number of alkyl halides is 1. The molecule has 200 valence electrons. The van der Waals surface area contributed by atoms with E-state index in [1.165, 1.54) is 53.1 Å². The van der Waals surface area contributed by atoms with Crippen LogP contribution in [0.2, 0.25) is 0 Å². The second-order valence-corrected chi connectivity index (χ2v) is 12.9. The van der Waals surface area contributed by atoms with Crippen LogP contribution in [0.4, 0.5) is 0 Å². The van der Waals surface area contributed by atoms with Crippen molar-refractivity contribution >= 4 is 87.8 Å². The highest BCUT2D eigenvalue weighted by molar-refractivity contribution is 8.02. The molecule has 2 amide bonds. The third kappa shape index (κ3) is 5.86. The van der Waals surface area contributed by atoms with Crippen LogP contribution in [0.5, 0.6) is 0 Å². The van der Waals surface area contributed by atoms with E-state index in [0.29, 0.717) is 21.4 Å². The molecule has 2 aliphatic heterocycles. The minimum atomic E-state index is -1.40. The average molecular weight is 615 g/mol. The van der Waals surface area contributed by atoms with Crippen molar-refractivity contribution in [2.75, 3.05) is 17.4 Å². The molecule has 3 N–H and O–H groups in total. The number of Topliss-reactive ketones (excluding diaryl/α,β-unsaturated/α-hetero) is 1. The zero-order valence-electron chi connectivity index (χ0n) is 19.5. The summed E-state index contributed by atoms with van der Waals surface area (Å²) in [5, 5.41) is 28.5. The Morgan fingerprint density at radius 2 is 1.95 bits per heavy atom. The second kappa shape index (κ2) is 12.1. The Morgan fingerprint density at radius 1 is 1.21 bits per heavy atom. The van der Waals surface area contributed by atoms with Gasteiger partial charge in [0.25, 0.3) is 5.91 Å². The lowest BCUT2D eigenvalue weighted by molar-refractivity contribution is -0.150. The van der Waals surface area contributed by atoms with E-state index in [4.69, 9.17) is 11.6 Å². The molecule has 2 aliphatic rings. The number of thioether (sulfide) groups is 3. The van der Waals surface area contributed by atoms with E-state index < -0.39 is 52.1 Å². The molecule has 4 rings (SSSR count). The van der Waals surface area contributed by atoms with Gasteiger partial charge in [0.05, 0.1) is 11.4 Å². The predicted molar refractivity (Wildman–Crippen MR) is 144 cm³/mol. The Balaban J connectivity index is 1.49. The number of amides is 2. The summed E-state index contributed by atoms with van der Waals surface area (Å²) in [5.41, 5.74) is 0.332. The number of carboxylic acid groups (broad SMARTS) is 2. The van der Waals surface area contributed by atoms with Crippen molar-refractivity contribution in [1.29, 1.82) is 0 Å². The van der Waals surface area contributed by atoms with E-state index in [-0.39, 0.29) is 16.2 Å². The van der Waals surface area contributed by atoms with Gasteiger partial charge in [-0.05, 0) is 24.6 Å². The lowest BCUT2D eigenvalue weighted by atomic mass is 10.0. The first-order valence-corrected chi connectivity index (χ1v) is 15.1. The monoisotopic (exact) mass is 614 g/mol. The zero-order chi connectivity index (χ0) is 27.6. The largest absolute Gasteiger partial charge is 0.478 e. The van der Waals surface area contributed by atoms with Gasteiger partial charge in [-0.2, -0.15) is 0 Å². The number of aromatic carboxylic acids is 1. The van der Waals surface area contributed by atoms with Crippen molar-refractivity contribution in [3.05, 3.63) is 46.1 Å². The molecule has 0 saturated carbocycles. The Hall–Kier alpha value is -2.59. The standard InChI is InChI=1S/C22H19ClN4O7S4/c1-9-25-26-22(37-9)36-8-10-7-35-19-14(18(30)27(19)15(10)21(33)34)24-17(29)16(12(28)6-23)38-13-5-3-2-4-11(13)20(31)32/h2-5,14,16,19H,6-8H2,1H3,(H,24,29)(H,31,32)(H,33,34)/t14?,16?,19-/m0/s1. The molecule has 0 radical (unpaired) electrons. The van der Waals surface area contributed by atoms with Crippen LogP contribution in [0.25, 0.3) is 0 Å². The molecular formula is C22H19ClN4O7S4. The first-order chi connectivity index (χ1) is 18.1. The quantitative estimate of drug-likeness (QED) is 0.146. The van der Waals surface area contributed by atoms with Crippen LogP contribution in [0, 0.1) is 6.92 Å².